The lowest BCUT2D eigenvalue weighted by Gasteiger charge is -2.01. The Hall–Kier alpha value is -2.27. The number of ketones is 2. The molecule has 0 amide bonds. The zero-order chi connectivity index (χ0) is 14.8. The fourth-order valence-electron chi connectivity index (χ4n) is 2.13. The van der Waals surface area contributed by atoms with E-state index in [2.05, 4.69) is 21.0 Å². The first-order chi connectivity index (χ1) is 10.1. The summed E-state index contributed by atoms with van der Waals surface area (Å²) >= 11 is 3.31. The highest BCUT2D eigenvalue weighted by Crippen LogP contribution is 2.16. The minimum Gasteiger partial charge on any atom is -0.294 e. The number of carbonyl (C=O) groups excluding carboxylic acids is 2. The van der Waals surface area contributed by atoms with Gasteiger partial charge in [-0.3, -0.25) is 9.59 Å². The Morgan fingerprint density at radius 1 is 1.05 bits per heavy atom. The van der Waals surface area contributed by atoms with Gasteiger partial charge in [-0.1, -0.05) is 34.1 Å². The van der Waals surface area contributed by atoms with Crippen LogP contribution in [-0.4, -0.2) is 21.2 Å². The summed E-state index contributed by atoms with van der Waals surface area (Å²) in [6.07, 6.45) is 3.12. The maximum atomic E-state index is 12.3. The molecule has 0 N–H and O–H groups in total. The van der Waals surface area contributed by atoms with Gasteiger partial charge in [0.1, 0.15) is 0 Å². The first-order valence-corrected chi connectivity index (χ1v) is 7.19. The molecule has 0 spiro atoms. The van der Waals surface area contributed by atoms with Gasteiger partial charge in [-0.2, -0.15) is 5.10 Å². The third kappa shape index (κ3) is 2.78. The van der Waals surface area contributed by atoms with Crippen molar-refractivity contribution >= 4 is 33.0 Å². The summed E-state index contributed by atoms with van der Waals surface area (Å²) in [5, 5.41) is 4.11. The van der Waals surface area contributed by atoms with Crippen LogP contribution < -0.4 is 0 Å². The minimum atomic E-state index is -0.218. The minimum absolute atomic E-state index is 0.155. The number of carbonyl (C=O) groups is 2. The van der Waals surface area contributed by atoms with E-state index < -0.39 is 0 Å². The molecule has 1 aromatic carbocycles. The molecule has 0 saturated carbocycles. The number of rotatable bonds is 4. The molecule has 5 heteroatoms. The van der Waals surface area contributed by atoms with Crippen molar-refractivity contribution in [2.75, 3.05) is 0 Å². The number of hydrogen-bond acceptors (Lipinski definition) is 3. The van der Waals surface area contributed by atoms with Crippen LogP contribution >= 0.6 is 15.9 Å². The van der Waals surface area contributed by atoms with Crippen molar-refractivity contribution in [2.45, 2.75) is 6.42 Å². The average molecular weight is 343 g/mol. The number of fused-ring (bicyclic) bond motifs is 1. The standard InChI is InChI=1S/C16H11BrN2O2/c17-12-6-4-11(5-7-12)15(20)9-16(21)13-10-18-19-8-2-1-3-14(13)19/h1-8,10H,9H2. The van der Waals surface area contributed by atoms with Crippen LogP contribution in [0, 0.1) is 0 Å². The van der Waals surface area contributed by atoms with Crippen LogP contribution in [0.25, 0.3) is 5.52 Å². The molecular weight excluding hydrogens is 332 g/mol. The van der Waals surface area contributed by atoms with Crippen LogP contribution in [0.5, 0.6) is 0 Å². The van der Waals surface area contributed by atoms with E-state index in [0.717, 1.165) is 4.47 Å². The fraction of sp³-hybridized carbons (Fsp3) is 0.0625. The molecule has 0 atom stereocenters. The second kappa shape index (κ2) is 5.61. The van der Waals surface area contributed by atoms with Crippen LogP contribution in [0.2, 0.25) is 0 Å². The third-order valence-electron chi connectivity index (χ3n) is 3.21. The Labute approximate surface area is 129 Å². The Morgan fingerprint density at radius 2 is 1.81 bits per heavy atom. The van der Waals surface area contributed by atoms with Crippen LogP contribution in [-0.2, 0) is 0 Å². The van der Waals surface area contributed by atoms with Gasteiger partial charge in [0.15, 0.2) is 11.6 Å². The average Bonchev–Trinajstić information content (AvgIpc) is 2.92. The molecule has 2 aromatic heterocycles. The zero-order valence-corrected chi connectivity index (χ0v) is 12.6. The third-order valence-corrected chi connectivity index (χ3v) is 3.74. The summed E-state index contributed by atoms with van der Waals surface area (Å²) < 4.78 is 2.52. The molecule has 0 saturated heterocycles. The first kappa shape index (κ1) is 13.7. The number of benzene rings is 1. The van der Waals surface area contributed by atoms with Gasteiger partial charge in [0.25, 0.3) is 0 Å². The van der Waals surface area contributed by atoms with Crippen LogP contribution in [0.1, 0.15) is 27.1 Å². The second-order valence-electron chi connectivity index (χ2n) is 4.62. The zero-order valence-electron chi connectivity index (χ0n) is 11.0. The monoisotopic (exact) mass is 342 g/mol. The summed E-state index contributed by atoms with van der Waals surface area (Å²) in [4.78, 5) is 24.4. The Morgan fingerprint density at radius 3 is 2.57 bits per heavy atom. The quantitative estimate of drug-likeness (QED) is 0.538. The van der Waals surface area contributed by atoms with E-state index in [0.29, 0.717) is 16.6 Å². The molecule has 21 heavy (non-hydrogen) atoms. The molecule has 3 aromatic rings. The van der Waals surface area contributed by atoms with Crippen molar-refractivity contribution in [3.05, 3.63) is 70.5 Å². The van der Waals surface area contributed by atoms with Crippen molar-refractivity contribution in [3.8, 4) is 0 Å². The van der Waals surface area contributed by atoms with E-state index in [1.165, 1.54) is 6.20 Å². The van der Waals surface area contributed by atoms with E-state index in [1.807, 2.05) is 18.2 Å². The molecule has 2 heterocycles. The van der Waals surface area contributed by atoms with Crippen molar-refractivity contribution < 1.29 is 9.59 Å². The topological polar surface area (TPSA) is 51.4 Å². The Kier molecular flexibility index (Phi) is 3.66. The smallest absolute Gasteiger partial charge is 0.174 e. The summed E-state index contributed by atoms with van der Waals surface area (Å²) in [6, 6.07) is 12.5. The Balaban J connectivity index is 1.83. The van der Waals surface area contributed by atoms with E-state index >= 15 is 0 Å². The van der Waals surface area contributed by atoms with Gasteiger partial charge < -0.3 is 0 Å². The molecular formula is C16H11BrN2O2. The number of Topliss-reactive ketones (excluding diaryl/α,β-unsaturated/α-hetero) is 2. The van der Waals surface area contributed by atoms with Gasteiger partial charge in [-0.25, -0.2) is 4.52 Å². The molecule has 0 aliphatic heterocycles. The molecule has 104 valence electrons. The number of nitrogens with zero attached hydrogens (tertiary/aromatic N) is 2. The second-order valence-corrected chi connectivity index (χ2v) is 5.53. The molecule has 0 aliphatic carbocycles. The predicted molar refractivity (Wildman–Crippen MR) is 82.6 cm³/mol. The van der Waals surface area contributed by atoms with Crippen LogP contribution in [0.3, 0.4) is 0 Å². The van der Waals surface area contributed by atoms with E-state index in [1.54, 1.807) is 35.0 Å². The van der Waals surface area contributed by atoms with Crippen molar-refractivity contribution in [1.82, 2.24) is 9.61 Å². The molecule has 0 aliphatic rings. The summed E-state index contributed by atoms with van der Waals surface area (Å²) in [7, 11) is 0. The van der Waals surface area contributed by atoms with Crippen LogP contribution in [0.15, 0.2) is 59.3 Å². The number of aromatic nitrogens is 2. The molecule has 3 rings (SSSR count). The summed E-state index contributed by atoms with van der Waals surface area (Å²) in [6.45, 7) is 0. The maximum absolute atomic E-state index is 12.3. The van der Waals surface area contributed by atoms with E-state index in [4.69, 9.17) is 0 Å². The highest BCUT2D eigenvalue weighted by atomic mass is 79.9. The Bertz CT molecular complexity index is 822. The number of halogens is 1. The molecule has 0 fully saturated rings. The van der Waals surface area contributed by atoms with Gasteiger partial charge in [0, 0.05) is 16.2 Å². The lowest BCUT2D eigenvalue weighted by atomic mass is 10.0. The van der Waals surface area contributed by atoms with E-state index in [-0.39, 0.29) is 18.0 Å². The van der Waals surface area contributed by atoms with E-state index in [9.17, 15) is 9.59 Å². The van der Waals surface area contributed by atoms with Gasteiger partial charge in [0.05, 0.1) is 23.7 Å². The van der Waals surface area contributed by atoms with Gasteiger partial charge >= 0.3 is 0 Å². The lowest BCUT2D eigenvalue weighted by Crippen LogP contribution is -2.08. The SMILES string of the molecule is O=C(CC(=O)c1cnn2ccccc12)c1ccc(Br)cc1. The highest BCUT2D eigenvalue weighted by molar-refractivity contribution is 9.10. The normalized spacial score (nSPS) is 10.7. The van der Waals surface area contributed by atoms with Gasteiger partial charge in [-0.05, 0) is 24.3 Å². The summed E-state index contributed by atoms with van der Waals surface area (Å²) in [5.41, 5.74) is 1.72. The fourth-order valence-corrected chi connectivity index (χ4v) is 2.39. The molecule has 0 bridgehead atoms. The first-order valence-electron chi connectivity index (χ1n) is 6.39. The lowest BCUT2D eigenvalue weighted by molar-refractivity contribution is 0.0895. The van der Waals surface area contributed by atoms with Gasteiger partial charge in [-0.15, -0.1) is 0 Å². The van der Waals surface area contributed by atoms with Crippen molar-refractivity contribution in [3.63, 3.8) is 0 Å². The van der Waals surface area contributed by atoms with Gasteiger partial charge in [0.2, 0.25) is 0 Å². The molecule has 0 radical (unpaired) electrons. The molecule has 4 nitrogen and oxygen atoms in total. The number of pyridine rings is 1. The van der Waals surface area contributed by atoms with Crippen molar-refractivity contribution in [2.24, 2.45) is 0 Å². The predicted octanol–water partition coefficient (Wildman–Crippen LogP) is 3.55. The maximum Gasteiger partial charge on any atom is 0.174 e. The number of hydrogen-bond donors (Lipinski definition) is 0. The largest absolute Gasteiger partial charge is 0.294 e. The van der Waals surface area contributed by atoms with Crippen LogP contribution in [0.4, 0.5) is 0 Å². The van der Waals surface area contributed by atoms with Crippen molar-refractivity contribution in [1.29, 1.82) is 0 Å². The summed E-state index contributed by atoms with van der Waals surface area (Å²) in [5.74, 6) is -0.410. The molecule has 0 unspecified atom stereocenters. The highest BCUT2D eigenvalue weighted by Gasteiger charge is 2.17.